The molecule has 3 aromatic rings. The highest BCUT2D eigenvalue weighted by molar-refractivity contribution is 6.05. The zero-order valence-electron chi connectivity index (χ0n) is 16.3. The van der Waals surface area contributed by atoms with Crippen molar-refractivity contribution < 1.29 is 27.8 Å². The summed E-state index contributed by atoms with van der Waals surface area (Å²) >= 11 is 0. The topological polar surface area (TPSA) is 55.8 Å². The van der Waals surface area contributed by atoms with Gasteiger partial charge in [0.2, 0.25) is 0 Å². The van der Waals surface area contributed by atoms with Crippen LogP contribution < -0.4 is 14.4 Å². The lowest BCUT2D eigenvalue weighted by atomic mass is 10.1. The minimum absolute atomic E-state index is 0.117. The summed E-state index contributed by atoms with van der Waals surface area (Å²) in [5.74, 6) is -1.08. The van der Waals surface area contributed by atoms with E-state index in [1.807, 2.05) is 19.1 Å². The number of anilines is 1. The quantitative estimate of drug-likeness (QED) is 0.419. The van der Waals surface area contributed by atoms with Gasteiger partial charge in [-0.25, -0.2) is 4.79 Å². The summed E-state index contributed by atoms with van der Waals surface area (Å²) in [6.07, 6.45) is 0. The number of ether oxygens (including phenoxy) is 2. The summed E-state index contributed by atoms with van der Waals surface area (Å²) in [4.78, 5) is 26.4. The fourth-order valence-corrected chi connectivity index (χ4v) is 2.74. The van der Waals surface area contributed by atoms with E-state index in [9.17, 15) is 18.4 Å². The van der Waals surface area contributed by atoms with Crippen LogP contribution in [-0.2, 0) is 0 Å². The van der Waals surface area contributed by atoms with Crippen molar-refractivity contribution in [3.63, 3.8) is 0 Å². The second-order valence-corrected chi connectivity index (χ2v) is 6.49. The number of hydrogen-bond acceptors (Lipinski definition) is 4. The summed E-state index contributed by atoms with van der Waals surface area (Å²) in [5, 5.41) is 0. The minimum atomic E-state index is -3.06. The van der Waals surface area contributed by atoms with Crippen molar-refractivity contribution in [3.05, 3.63) is 89.5 Å². The lowest BCUT2D eigenvalue weighted by Crippen LogP contribution is -2.26. The molecule has 0 saturated heterocycles. The minimum Gasteiger partial charge on any atom is -0.434 e. The molecule has 0 aromatic heterocycles. The number of esters is 1. The first kappa shape index (κ1) is 21.0. The number of amides is 1. The molecule has 0 bridgehead atoms. The zero-order valence-corrected chi connectivity index (χ0v) is 16.3. The molecule has 0 atom stereocenters. The van der Waals surface area contributed by atoms with Crippen LogP contribution in [0.2, 0.25) is 0 Å². The largest absolute Gasteiger partial charge is 0.434 e. The standard InChI is InChI=1S/C23H19F2NO4/c1-15-7-9-16(10-8-15)21(27)26(2)17-11-13-18(14-12-17)29-22(28)19-5-3-4-6-20(19)30-23(24)25/h3-14,23H,1-2H3. The van der Waals surface area contributed by atoms with Crippen LogP contribution in [-0.4, -0.2) is 25.5 Å². The second kappa shape index (κ2) is 9.17. The first-order chi connectivity index (χ1) is 14.3. The first-order valence-corrected chi connectivity index (χ1v) is 9.06. The third-order valence-corrected chi connectivity index (χ3v) is 4.36. The number of aryl methyl sites for hydroxylation is 1. The normalized spacial score (nSPS) is 10.6. The van der Waals surface area contributed by atoms with E-state index in [1.54, 1.807) is 31.3 Å². The Balaban J connectivity index is 1.71. The molecule has 1 amide bonds. The predicted molar refractivity (Wildman–Crippen MR) is 108 cm³/mol. The monoisotopic (exact) mass is 411 g/mol. The highest BCUT2D eigenvalue weighted by atomic mass is 19.3. The van der Waals surface area contributed by atoms with E-state index in [0.717, 1.165) is 5.56 Å². The molecule has 0 aliphatic carbocycles. The number of nitrogens with zero attached hydrogens (tertiary/aromatic N) is 1. The SMILES string of the molecule is Cc1ccc(C(=O)N(C)c2ccc(OC(=O)c3ccccc3OC(F)F)cc2)cc1. The van der Waals surface area contributed by atoms with Crippen molar-refractivity contribution in [2.75, 3.05) is 11.9 Å². The Hall–Kier alpha value is -3.74. The molecule has 0 radical (unpaired) electrons. The van der Waals surface area contributed by atoms with Gasteiger partial charge in [0.1, 0.15) is 17.1 Å². The molecule has 5 nitrogen and oxygen atoms in total. The van der Waals surface area contributed by atoms with Crippen LogP contribution in [0.4, 0.5) is 14.5 Å². The molecule has 0 N–H and O–H groups in total. The molecule has 7 heteroatoms. The van der Waals surface area contributed by atoms with Gasteiger partial charge in [0.05, 0.1) is 0 Å². The molecule has 0 spiro atoms. The Kier molecular flexibility index (Phi) is 6.41. The van der Waals surface area contributed by atoms with E-state index >= 15 is 0 Å². The summed E-state index contributed by atoms with van der Waals surface area (Å²) < 4.78 is 34.6. The van der Waals surface area contributed by atoms with E-state index < -0.39 is 12.6 Å². The number of halogens is 2. The number of alkyl halides is 2. The van der Waals surface area contributed by atoms with Crippen molar-refractivity contribution >= 4 is 17.6 Å². The van der Waals surface area contributed by atoms with Gasteiger partial charge in [0.25, 0.3) is 5.91 Å². The van der Waals surface area contributed by atoms with Crippen molar-refractivity contribution in [2.24, 2.45) is 0 Å². The molecular weight excluding hydrogens is 392 g/mol. The van der Waals surface area contributed by atoms with Crippen LogP contribution in [0.3, 0.4) is 0 Å². The Morgan fingerprint density at radius 2 is 1.53 bits per heavy atom. The Morgan fingerprint density at radius 1 is 0.900 bits per heavy atom. The van der Waals surface area contributed by atoms with Crippen LogP contribution in [0.25, 0.3) is 0 Å². The molecule has 0 fully saturated rings. The van der Waals surface area contributed by atoms with Crippen LogP contribution in [0.5, 0.6) is 11.5 Å². The average Bonchev–Trinajstić information content (AvgIpc) is 2.74. The Morgan fingerprint density at radius 3 is 2.17 bits per heavy atom. The van der Waals surface area contributed by atoms with E-state index in [-0.39, 0.29) is 23.0 Å². The molecule has 0 unspecified atom stereocenters. The van der Waals surface area contributed by atoms with Crippen molar-refractivity contribution in [1.82, 2.24) is 0 Å². The van der Waals surface area contributed by atoms with E-state index in [2.05, 4.69) is 4.74 Å². The summed E-state index contributed by atoms with van der Waals surface area (Å²) in [6.45, 7) is -1.12. The number of carbonyl (C=O) groups is 2. The number of hydrogen-bond donors (Lipinski definition) is 0. The van der Waals surface area contributed by atoms with Crippen LogP contribution in [0.1, 0.15) is 26.3 Å². The van der Waals surface area contributed by atoms with Gasteiger partial charge in [-0.15, -0.1) is 0 Å². The molecule has 30 heavy (non-hydrogen) atoms. The highest BCUT2D eigenvalue weighted by Gasteiger charge is 2.18. The Bertz CT molecular complexity index is 1030. The smallest absolute Gasteiger partial charge is 0.387 e. The second-order valence-electron chi connectivity index (χ2n) is 6.49. The van der Waals surface area contributed by atoms with Gasteiger partial charge in [0, 0.05) is 18.3 Å². The summed E-state index contributed by atoms with van der Waals surface area (Å²) in [6, 6.07) is 19.1. The maximum absolute atomic E-state index is 12.6. The molecule has 0 aliphatic rings. The molecule has 0 heterocycles. The number of benzene rings is 3. The van der Waals surface area contributed by atoms with Gasteiger partial charge in [-0.2, -0.15) is 8.78 Å². The van der Waals surface area contributed by atoms with E-state index in [4.69, 9.17) is 4.74 Å². The van der Waals surface area contributed by atoms with Crippen LogP contribution in [0.15, 0.2) is 72.8 Å². The summed E-state index contributed by atoms with van der Waals surface area (Å²) in [5.41, 5.74) is 2.09. The van der Waals surface area contributed by atoms with Crippen molar-refractivity contribution in [2.45, 2.75) is 13.5 Å². The van der Waals surface area contributed by atoms with Crippen LogP contribution >= 0.6 is 0 Å². The van der Waals surface area contributed by atoms with Gasteiger partial charge in [-0.05, 0) is 55.5 Å². The maximum atomic E-state index is 12.6. The van der Waals surface area contributed by atoms with Gasteiger partial charge in [-0.1, -0.05) is 29.8 Å². The summed E-state index contributed by atoms with van der Waals surface area (Å²) in [7, 11) is 1.64. The fraction of sp³-hybridized carbons (Fsp3) is 0.130. The molecule has 154 valence electrons. The van der Waals surface area contributed by atoms with Gasteiger partial charge in [-0.3, -0.25) is 4.79 Å². The molecule has 0 saturated carbocycles. The van der Waals surface area contributed by atoms with Crippen molar-refractivity contribution in [1.29, 1.82) is 0 Å². The lowest BCUT2D eigenvalue weighted by Gasteiger charge is -2.18. The highest BCUT2D eigenvalue weighted by Crippen LogP contribution is 2.24. The lowest BCUT2D eigenvalue weighted by molar-refractivity contribution is -0.0503. The van der Waals surface area contributed by atoms with Gasteiger partial charge < -0.3 is 14.4 Å². The molecule has 3 aromatic carbocycles. The Labute approximate surface area is 172 Å². The number of para-hydroxylation sites is 1. The molecule has 3 rings (SSSR count). The van der Waals surface area contributed by atoms with Crippen LogP contribution in [0, 0.1) is 6.92 Å². The third kappa shape index (κ3) is 5.00. The number of rotatable bonds is 6. The average molecular weight is 411 g/mol. The number of carbonyl (C=O) groups excluding carboxylic acids is 2. The maximum Gasteiger partial charge on any atom is 0.387 e. The van der Waals surface area contributed by atoms with Gasteiger partial charge >= 0.3 is 12.6 Å². The first-order valence-electron chi connectivity index (χ1n) is 9.06. The zero-order chi connectivity index (χ0) is 21.7. The van der Waals surface area contributed by atoms with E-state index in [0.29, 0.717) is 11.3 Å². The third-order valence-electron chi connectivity index (χ3n) is 4.36. The fourth-order valence-electron chi connectivity index (χ4n) is 2.74. The molecular formula is C23H19F2NO4. The predicted octanol–water partition coefficient (Wildman–Crippen LogP) is 5.09. The molecule has 0 aliphatic heterocycles. The van der Waals surface area contributed by atoms with E-state index in [1.165, 1.54) is 41.3 Å². The van der Waals surface area contributed by atoms with Crippen molar-refractivity contribution in [3.8, 4) is 11.5 Å². The van der Waals surface area contributed by atoms with Gasteiger partial charge in [0.15, 0.2) is 0 Å².